The number of para-hydroxylation sites is 1. The summed E-state index contributed by atoms with van der Waals surface area (Å²) in [6.45, 7) is 6.12. The zero-order valence-corrected chi connectivity index (χ0v) is 27.4. The molecule has 0 saturated carbocycles. The first-order valence-corrected chi connectivity index (χ1v) is 16.4. The molecule has 0 spiro atoms. The average Bonchev–Trinajstić information content (AvgIpc) is 3.74. The molecular formula is C34H33Cl2FN4O6. The third kappa shape index (κ3) is 5.28. The number of methoxy groups -OCH3 is 1. The Bertz CT molecular complexity index is 1890. The van der Waals surface area contributed by atoms with Crippen molar-refractivity contribution in [2.45, 2.75) is 50.4 Å². The predicted octanol–water partition coefficient (Wildman–Crippen LogP) is 5.79. The molecule has 246 valence electrons. The summed E-state index contributed by atoms with van der Waals surface area (Å²) in [7, 11) is 1.35. The van der Waals surface area contributed by atoms with Crippen LogP contribution in [0.4, 0.5) is 10.1 Å². The number of carbonyl (C=O) groups excluding carboxylic acids is 1. The third-order valence-corrected chi connectivity index (χ3v) is 10.2. The Hall–Kier alpha value is -3.61. The van der Waals surface area contributed by atoms with Crippen molar-refractivity contribution < 1.29 is 32.9 Å². The number of halogens is 3. The van der Waals surface area contributed by atoms with Crippen LogP contribution in [0.25, 0.3) is 11.0 Å². The topological polar surface area (TPSA) is 87.5 Å². The van der Waals surface area contributed by atoms with Crippen molar-refractivity contribution in [3.63, 3.8) is 0 Å². The fourth-order valence-electron chi connectivity index (χ4n) is 7.15. The molecule has 0 aliphatic carbocycles. The van der Waals surface area contributed by atoms with Crippen LogP contribution in [-0.4, -0.2) is 78.6 Å². The van der Waals surface area contributed by atoms with Crippen LogP contribution < -0.4 is 14.4 Å². The SMILES string of the molecule is COC(=O)c1cc(Cl)c2nc(CN3CCN(c4cccc5c4O[C@@](C)(c4ccc(Cl)cc4F)O5)[C@@H]4COC[C@@H]43)n(C[C@@H]3CCO3)c2c1. The fraction of sp³-hybridized carbons (Fsp3) is 0.412. The van der Waals surface area contributed by atoms with Gasteiger partial charge in [0.15, 0.2) is 11.5 Å². The van der Waals surface area contributed by atoms with Crippen LogP contribution in [0.1, 0.15) is 35.1 Å². The van der Waals surface area contributed by atoms with E-state index >= 15 is 0 Å². The number of anilines is 1. The summed E-state index contributed by atoms with van der Waals surface area (Å²) in [5, 5.41) is 0.701. The van der Waals surface area contributed by atoms with E-state index < -0.39 is 17.6 Å². The van der Waals surface area contributed by atoms with E-state index in [2.05, 4.69) is 14.4 Å². The minimum atomic E-state index is -1.35. The van der Waals surface area contributed by atoms with Gasteiger partial charge < -0.3 is 33.2 Å². The molecule has 0 N–H and O–H groups in total. The van der Waals surface area contributed by atoms with Crippen molar-refractivity contribution in [2.75, 3.05) is 44.9 Å². The van der Waals surface area contributed by atoms with Crippen LogP contribution in [0.5, 0.6) is 11.5 Å². The molecular weight excluding hydrogens is 650 g/mol. The maximum absolute atomic E-state index is 15.0. The average molecular weight is 684 g/mol. The number of carbonyl (C=O) groups is 1. The van der Waals surface area contributed by atoms with Crippen molar-refractivity contribution in [3.05, 3.63) is 81.3 Å². The lowest BCUT2D eigenvalue weighted by Gasteiger charge is -2.44. The fourth-order valence-corrected chi connectivity index (χ4v) is 7.57. The number of aromatic nitrogens is 2. The normalized spacial score (nSPS) is 25.2. The number of piperazine rings is 1. The van der Waals surface area contributed by atoms with Gasteiger partial charge in [-0.2, -0.15) is 0 Å². The number of benzene rings is 3. The minimum Gasteiger partial charge on any atom is -0.465 e. The van der Waals surface area contributed by atoms with Crippen LogP contribution in [0, 0.1) is 5.82 Å². The van der Waals surface area contributed by atoms with Crippen LogP contribution in [0.3, 0.4) is 0 Å². The molecule has 8 rings (SSSR count). The Balaban J connectivity index is 1.08. The predicted molar refractivity (Wildman–Crippen MR) is 173 cm³/mol. The lowest BCUT2D eigenvalue weighted by atomic mass is 10.0. The standard InChI is InChI=1S/C34H33Cl2FN4O6/c1-34(22-7-6-20(35)14-24(22)37)46-29-5-3-4-25(32(29)47-34)40-10-9-39(27-17-44-18-28(27)40)16-30-38-31-23(36)12-19(33(42)43-2)13-26(31)41(30)15-21-8-11-45-21/h3-7,12-14,21,27-28H,8-11,15-18H2,1-2H3/t21-,27-,28+,34-/m0/s1. The van der Waals surface area contributed by atoms with Gasteiger partial charge in [0.05, 0.1) is 79.0 Å². The van der Waals surface area contributed by atoms with Crippen molar-refractivity contribution >= 4 is 45.9 Å². The lowest BCUT2D eigenvalue weighted by molar-refractivity contribution is -0.0705. The van der Waals surface area contributed by atoms with Crippen molar-refractivity contribution in [3.8, 4) is 11.5 Å². The largest absolute Gasteiger partial charge is 0.465 e. The second-order valence-corrected chi connectivity index (χ2v) is 13.3. The quantitative estimate of drug-likeness (QED) is 0.225. The molecule has 3 saturated heterocycles. The Morgan fingerprint density at radius 1 is 1.11 bits per heavy atom. The van der Waals surface area contributed by atoms with Crippen molar-refractivity contribution in [1.29, 1.82) is 0 Å². The summed E-state index contributed by atoms with van der Waals surface area (Å²) in [5.74, 6) is -0.333. The Morgan fingerprint density at radius 3 is 2.70 bits per heavy atom. The minimum absolute atomic E-state index is 0.0280. The van der Waals surface area contributed by atoms with Gasteiger partial charge in [-0.15, -0.1) is 0 Å². The second kappa shape index (κ2) is 11.8. The Kier molecular flexibility index (Phi) is 7.72. The van der Waals surface area contributed by atoms with Gasteiger partial charge in [-0.25, -0.2) is 14.2 Å². The van der Waals surface area contributed by atoms with Crippen LogP contribution in [0.15, 0.2) is 48.5 Å². The summed E-state index contributed by atoms with van der Waals surface area (Å²) in [6.07, 6.45) is 1.03. The van der Waals surface area contributed by atoms with Gasteiger partial charge in [-0.1, -0.05) is 29.3 Å². The van der Waals surface area contributed by atoms with Crippen LogP contribution in [-0.2, 0) is 33.1 Å². The Morgan fingerprint density at radius 2 is 1.94 bits per heavy atom. The van der Waals surface area contributed by atoms with E-state index in [0.29, 0.717) is 65.5 Å². The molecule has 4 atom stereocenters. The molecule has 4 aliphatic rings. The van der Waals surface area contributed by atoms with Crippen molar-refractivity contribution in [1.82, 2.24) is 14.5 Å². The van der Waals surface area contributed by atoms with Crippen molar-refractivity contribution in [2.24, 2.45) is 0 Å². The molecule has 13 heteroatoms. The molecule has 1 aromatic heterocycles. The summed E-state index contributed by atoms with van der Waals surface area (Å²) >= 11 is 12.7. The van der Waals surface area contributed by atoms with E-state index in [1.54, 1.807) is 31.2 Å². The molecule has 5 heterocycles. The third-order valence-electron chi connectivity index (χ3n) is 9.64. The monoisotopic (exact) mass is 682 g/mol. The van der Waals surface area contributed by atoms with E-state index in [0.717, 1.165) is 36.6 Å². The molecule has 3 fully saturated rings. The highest BCUT2D eigenvalue weighted by Gasteiger charge is 2.46. The van der Waals surface area contributed by atoms with Gasteiger partial charge in [0.25, 0.3) is 5.79 Å². The van der Waals surface area contributed by atoms with Gasteiger partial charge in [0, 0.05) is 31.6 Å². The smallest absolute Gasteiger partial charge is 0.337 e. The number of hydrogen-bond acceptors (Lipinski definition) is 9. The molecule has 4 aliphatic heterocycles. The highest BCUT2D eigenvalue weighted by molar-refractivity contribution is 6.35. The maximum atomic E-state index is 15.0. The summed E-state index contributed by atoms with van der Waals surface area (Å²) in [5.41, 5.74) is 2.94. The highest BCUT2D eigenvalue weighted by atomic mass is 35.5. The molecule has 0 amide bonds. The summed E-state index contributed by atoms with van der Waals surface area (Å²) in [4.78, 5) is 22.1. The zero-order chi connectivity index (χ0) is 32.4. The van der Waals surface area contributed by atoms with E-state index in [1.165, 1.54) is 13.2 Å². The summed E-state index contributed by atoms with van der Waals surface area (Å²) < 4.78 is 46.6. The molecule has 4 aromatic rings. The lowest BCUT2D eigenvalue weighted by Crippen LogP contribution is -2.59. The number of imidazole rings is 1. The Labute approximate surface area is 280 Å². The number of ether oxygens (including phenoxy) is 5. The van der Waals surface area contributed by atoms with E-state index in [-0.39, 0.29) is 23.8 Å². The van der Waals surface area contributed by atoms with E-state index in [9.17, 15) is 9.18 Å². The molecule has 0 radical (unpaired) electrons. The molecule has 47 heavy (non-hydrogen) atoms. The van der Waals surface area contributed by atoms with Gasteiger partial charge in [-0.05, 0) is 48.9 Å². The number of hydrogen-bond donors (Lipinski definition) is 0. The van der Waals surface area contributed by atoms with E-state index in [1.807, 2.05) is 18.2 Å². The number of nitrogens with zero attached hydrogens (tertiary/aromatic N) is 4. The van der Waals surface area contributed by atoms with Gasteiger partial charge in [0.2, 0.25) is 0 Å². The summed E-state index contributed by atoms with van der Waals surface area (Å²) in [6, 6.07) is 13.7. The number of fused-ring (bicyclic) bond motifs is 3. The van der Waals surface area contributed by atoms with E-state index in [4.69, 9.17) is 51.9 Å². The molecule has 3 aromatic carbocycles. The van der Waals surface area contributed by atoms with Gasteiger partial charge in [-0.3, -0.25) is 4.90 Å². The zero-order valence-electron chi connectivity index (χ0n) is 25.9. The molecule has 10 nitrogen and oxygen atoms in total. The number of esters is 1. The van der Waals surface area contributed by atoms with Crippen LogP contribution in [0.2, 0.25) is 10.0 Å². The first-order valence-electron chi connectivity index (χ1n) is 15.7. The molecule has 0 bridgehead atoms. The van der Waals surface area contributed by atoms with Gasteiger partial charge >= 0.3 is 5.97 Å². The second-order valence-electron chi connectivity index (χ2n) is 12.5. The first kappa shape index (κ1) is 30.7. The van der Waals surface area contributed by atoms with Crippen LogP contribution >= 0.6 is 23.2 Å². The first-order chi connectivity index (χ1) is 22.7. The molecule has 0 unspecified atom stereocenters. The number of rotatable bonds is 7. The highest BCUT2D eigenvalue weighted by Crippen LogP contribution is 2.51. The maximum Gasteiger partial charge on any atom is 0.337 e. The van der Waals surface area contributed by atoms with Gasteiger partial charge in [0.1, 0.15) is 17.2 Å².